The van der Waals surface area contributed by atoms with Crippen molar-refractivity contribution in [3.63, 3.8) is 0 Å². The Morgan fingerprint density at radius 3 is 2.21 bits per heavy atom. The zero-order valence-corrected chi connectivity index (χ0v) is 17.3. The number of ether oxygens (including phenoxy) is 1. The lowest BCUT2D eigenvalue weighted by Crippen LogP contribution is -2.48. The van der Waals surface area contributed by atoms with Crippen LogP contribution in [-0.2, 0) is 19.1 Å². The first-order valence-electron chi connectivity index (χ1n) is 9.31. The Bertz CT molecular complexity index is 737. The van der Waals surface area contributed by atoms with Crippen LogP contribution in [0.5, 0.6) is 0 Å². The number of rotatable bonds is 9. The number of anilines is 1. The van der Waals surface area contributed by atoms with E-state index in [1.54, 1.807) is 24.3 Å². The average Bonchev–Trinajstić information content (AvgIpc) is 2.69. The molecule has 158 valence electrons. The summed E-state index contributed by atoms with van der Waals surface area (Å²) in [5.41, 5.74) is 5.69. The minimum atomic E-state index is -0.476. The molecular weight excluding hydrogens is 396 g/mol. The molecule has 0 spiro atoms. The molecule has 0 bridgehead atoms. The second kappa shape index (κ2) is 13.2. The molecule has 1 rings (SSSR count). The molecule has 0 atom stereocenters. The van der Waals surface area contributed by atoms with Crippen LogP contribution in [0.3, 0.4) is 0 Å². The summed E-state index contributed by atoms with van der Waals surface area (Å²) >= 11 is 4.92. The molecule has 29 heavy (non-hydrogen) atoms. The zero-order valence-electron chi connectivity index (χ0n) is 16.5. The summed E-state index contributed by atoms with van der Waals surface area (Å²) in [6.45, 7) is 4.10. The van der Waals surface area contributed by atoms with E-state index in [4.69, 9.17) is 17.0 Å². The van der Waals surface area contributed by atoms with Crippen LogP contribution in [-0.4, -0.2) is 35.4 Å². The number of hydrogen-bond donors (Lipinski definition) is 4. The van der Waals surface area contributed by atoms with Gasteiger partial charge in [0.05, 0.1) is 13.0 Å². The van der Waals surface area contributed by atoms with Crippen molar-refractivity contribution in [2.24, 2.45) is 0 Å². The number of amides is 3. The second-order valence-electron chi connectivity index (χ2n) is 6.05. The van der Waals surface area contributed by atoms with Crippen LogP contribution in [0.25, 0.3) is 0 Å². The Kier molecular flexibility index (Phi) is 10.9. The highest BCUT2D eigenvalue weighted by Crippen LogP contribution is 2.10. The highest BCUT2D eigenvalue weighted by Gasteiger charge is 2.11. The first-order valence-corrected chi connectivity index (χ1v) is 9.72. The molecule has 0 aliphatic heterocycles. The van der Waals surface area contributed by atoms with Crippen LogP contribution in [0.15, 0.2) is 24.3 Å². The largest absolute Gasteiger partial charge is 0.466 e. The number of benzene rings is 1. The molecule has 4 N–H and O–H groups in total. The van der Waals surface area contributed by atoms with Gasteiger partial charge in [0.1, 0.15) is 0 Å². The van der Waals surface area contributed by atoms with Gasteiger partial charge in [-0.15, -0.1) is 0 Å². The van der Waals surface area contributed by atoms with Gasteiger partial charge in [0.2, 0.25) is 11.8 Å². The number of thiocarbonyl (C=S) groups is 1. The number of hydrazine groups is 1. The van der Waals surface area contributed by atoms with E-state index in [0.717, 1.165) is 6.42 Å². The number of nitrogens with one attached hydrogen (secondary N) is 4. The lowest BCUT2D eigenvalue weighted by Gasteiger charge is -2.11. The van der Waals surface area contributed by atoms with Crippen LogP contribution in [0.4, 0.5) is 5.69 Å². The molecule has 0 saturated heterocycles. The molecule has 0 fully saturated rings. The maximum atomic E-state index is 12.1. The van der Waals surface area contributed by atoms with E-state index < -0.39 is 17.8 Å². The monoisotopic (exact) mass is 422 g/mol. The Morgan fingerprint density at radius 1 is 0.897 bits per heavy atom. The molecule has 1 aromatic carbocycles. The third kappa shape index (κ3) is 10.2. The lowest BCUT2D eigenvalue weighted by atomic mass is 10.2. The Labute approximate surface area is 174 Å². The van der Waals surface area contributed by atoms with E-state index in [1.807, 2.05) is 13.8 Å². The second-order valence-corrected chi connectivity index (χ2v) is 6.46. The van der Waals surface area contributed by atoms with Crippen LogP contribution in [0.1, 0.15) is 56.3 Å². The number of carbonyl (C=O) groups excluding carboxylic acids is 4. The van der Waals surface area contributed by atoms with Crippen molar-refractivity contribution < 1.29 is 23.9 Å². The molecule has 1 aromatic rings. The predicted octanol–water partition coefficient (Wildman–Crippen LogP) is 1.79. The molecule has 0 radical (unpaired) electrons. The van der Waals surface area contributed by atoms with Gasteiger partial charge in [0.15, 0.2) is 5.11 Å². The molecular formula is C19H26N4O5S. The summed E-state index contributed by atoms with van der Waals surface area (Å²) in [7, 11) is 0. The lowest BCUT2D eigenvalue weighted by molar-refractivity contribution is -0.144. The van der Waals surface area contributed by atoms with E-state index in [-0.39, 0.29) is 23.9 Å². The molecule has 0 aliphatic rings. The maximum absolute atomic E-state index is 12.1. The molecule has 0 heterocycles. The number of esters is 1. The average molecular weight is 423 g/mol. The van der Waals surface area contributed by atoms with Gasteiger partial charge in [0.25, 0.3) is 5.91 Å². The van der Waals surface area contributed by atoms with Crippen molar-refractivity contribution in [3.05, 3.63) is 29.8 Å². The first-order chi connectivity index (χ1) is 13.8. The third-order valence-electron chi connectivity index (χ3n) is 3.47. The third-order valence-corrected chi connectivity index (χ3v) is 3.68. The quantitative estimate of drug-likeness (QED) is 0.272. The minimum Gasteiger partial charge on any atom is -0.466 e. The van der Waals surface area contributed by atoms with Crippen molar-refractivity contribution in [1.82, 2.24) is 16.2 Å². The minimum absolute atomic E-state index is 0.0536. The van der Waals surface area contributed by atoms with Crippen molar-refractivity contribution in [1.29, 1.82) is 0 Å². The Hall–Kier alpha value is -3.01. The highest BCUT2D eigenvalue weighted by molar-refractivity contribution is 7.80. The van der Waals surface area contributed by atoms with E-state index in [1.165, 1.54) is 0 Å². The van der Waals surface area contributed by atoms with Crippen LogP contribution >= 0.6 is 12.2 Å². The molecule has 0 saturated carbocycles. The van der Waals surface area contributed by atoms with Gasteiger partial charge in [-0.25, -0.2) is 0 Å². The van der Waals surface area contributed by atoms with E-state index >= 15 is 0 Å². The first kappa shape index (κ1) is 24.0. The molecule has 3 amide bonds. The smallest absolute Gasteiger partial charge is 0.306 e. The molecule has 10 heteroatoms. The van der Waals surface area contributed by atoms with Crippen LogP contribution < -0.4 is 21.5 Å². The van der Waals surface area contributed by atoms with Crippen molar-refractivity contribution in [3.8, 4) is 0 Å². The van der Waals surface area contributed by atoms with Gasteiger partial charge in [-0.2, -0.15) is 0 Å². The molecule has 0 unspecified atom stereocenters. The summed E-state index contributed by atoms with van der Waals surface area (Å²) in [6.07, 6.45) is 1.75. The Balaban J connectivity index is 2.36. The zero-order chi connectivity index (χ0) is 21.6. The normalized spacial score (nSPS) is 9.86. The van der Waals surface area contributed by atoms with Gasteiger partial charge in [-0.3, -0.25) is 30.0 Å². The summed E-state index contributed by atoms with van der Waals surface area (Å²) < 4.78 is 4.87. The fourth-order valence-corrected chi connectivity index (χ4v) is 2.23. The van der Waals surface area contributed by atoms with E-state index in [9.17, 15) is 19.2 Å². The maximum Gasteiger partial charge on any atom is 0.306 e. The van der Waals surface area contributed by atoms with Gasteiger partial charge < -0.3 is 15.4 Å². The molecule has 9 nitrogen and oxygen atoms in total. The van der Waals surface area contributed by atoms with Crippen LogP contribution in [0.2, 0.25) is 0 Å². The van der Waals surface area contributed by atoms with Gasteiger partial charge in [-0.05, 0) is 49.3 Å². The Morgan fingerprint density at radius 2 is 1.59 bits per heavy atom. The molecule has 0 aliphatic carbocycles. The highest BCUT2D eigenvalue weighted by atomic mass is 32.1. The number of carbonyl (C=O) groups is 4. The predicted molar refractivity (Wildman–Crippen MR) is 112 cm³/mol. The number of hydrogen-bond acceptors (Lipinski definition) is 6. The van der Waals surface area contributed by atoms with Crippen LogP contribution in [0, 0.1) is 0 Å². The van der Waals surface area contributed by atoms with E-state index in [2.05, 4.69) is 21.5 Å². The summed E-state index contributed by atoms with van der Waals surface area (Å²) in [6, 6.07) is 6.31. The SMILES string of the molecule is CCCOC(=O)CCC(=O)NC(=S)NNC(=O)c1ccc(NC(=O)CCC)cc1. The molecule has 0 aromatic heterocycles. The van der Waals surface area contributed by atoms with Crippen molar-refractivity contribution >= 4 is 46.7 Å². The standard InChI is InChI=1S/C19H26N4O5S/c1-3-5-15(24)20-14-8-6-13(7-9-14)18(27)22-23-19(29)21-16(25)10-11-17(26)28-12-4-2/h6-9H,3-5,10-12H2,1-2H3,(H,20,24)(H,22,27)(H2,21,23,25,29). The van der Waals surface area contributed by atoms with Gasteiger partial charge in [-0.1, -0.05) is 13.8 Å². The van der Waals surface area contributed by atoms with Gasteiger partial charge >= 0.3 is 5.97 Å². The summed E-state index contributed by atoms with van der Waals surface area (Å²) in [4.78, 5) is 46.7. The van der Waals surface area contributed by atoms with Gasteiger partial charge in [0, 0.05) is 24.1 Å². The summed E-state index contributed by atoms with van der Waals surface area (Å²) in [5, 5.41) is 4.97. The topological polar surface area (TPSA) is 126 Å². The van der Waals surface area contributed by atoms with Crippen molar-refractivity contribution in [2.75, 3.05) is 11.9 Å². The van der Waals surface area contributed by atoms with E-state index in [0.29, 0.717) is 30.7 Å². The fraction of sp³-hybridized carbons (Fsp3) is 0.421. The fourth-order valence-electron chi connectivity index (χ4n) is 2.07. The summed E-state index contributed by atoms with van der Waals surface area (Å²) in [5.74, 6) is -1.50. The van der Waals surface area contributed by atoms with Crippen molar-refractivity contribution in [2.45, 2.75) is 46.0 Å².